The Balaban J connectivity index is 2.19. The smallest absolute Gasteiger partial charge is 0.341 e. The van der Waals surface area contributed by atoms with Crippen molar-refractivity contribution < 1.29 is 23.9 Å². The zero-order valence-corrected chi connectivity index (χ0v) is 17.8. The van der Waals surface area contributed by atoms with Gasteiger partial charge in [-0.05, 0) is 25.5 Å². The monoisotopic (exact) mass is 464 g/mol. The summed E-state index contributed by atoms with van der Waals surface area (Å²) in [6.45, 7) is 2.89. The lowest BCUT2D eigenvalue weighted by atomic mass is 10.1. The molecule has 0 unspecified atom stereocenters. The molecule has 0 saturated carbocycles. The van der Waals surface area contributed by atoms with Gasteiger partial charge in [0.15, 0.2) is 6.61 Å². The molecule has 2 aromatic rings. The number of carbonyl (C=O) groups excluding carboxylic acids is 3. The van der Waals surface area contributed by atoms with Crippen LogP contribution in [0.15, 0.2) is 12.1 Å². The maximum atomic E-state index is 12.3. The third-order valence-electron chi connectivity index (χ3n) is 3.44. The molecule has 0 aliphatic heterocycles. The van der Waals surface area contributed by atoms with Crippen LogP contribution in [0.3, 0.4) is 0 Å². The number of halogens is 3. The highest BCUT2D eigenvalue weighted by atomic mass is 35.5. The van der Waals surface area contributed by atoms with Gasteiger partial charge in [-0.1, -0.05) is 34.8 Å². The Morgan fingerprint density at radius 3 is 2.39 bits per heavy atom. The van der Waals surface area contributed by atoms with E-state index in [4.69, 9.17) is 50.0 Å². The van der Waals surface area contributed by atoms with Gasteiger partial charge in [0.2, 0.25) is 0 Å². The number of ether oxygens (including phenoxy) is 2. The van der Waals surface area contributed by atoms with E-state index in [0.717, 1.165) is 11.3 Å². The number of nitrogens with two attached hydrogens (primary N) is 1. The van der Waals surface area contributed by atoms with E-state index in [2.05, 4.69) is 5.32 Å². The van der Waals surface area contributed by atoms with E-state index >= 15 is 0 Å². The molecule has 2 rings (SSSR count). The van der Waals surface area contributed by atoms with Crippen LogP contribution in [0.1, 0.15) is 32.5 Å². The van der Waals surface area contributed by atoms with Gasteiger partial charge >= 0.3 is 5.97 Å². The van der Waals surface area contributed by atoms with Crippen LogP contribution in [0.5, 0.6) is 5.75 Å². The van der Waals surface area contributed by atoms with Crippen LogP contribution in [-0.2, 0) is 9.53 Å². The van der Waals surface area contributed by atoms with Gasteiger partial charge in [0.1, 0.15) is 10.8 Å². The molecule has 0 atom stereocenters. The zero-order chi connectivity index (χ0) is 21.0. The number of amides is 2. The molecule has 0 saturated heterocycles. The maximum absolute atomic E-state index is 12.3. The third kappa shape index (κ3) is 5.08. The van der Waals surface area contributed by atoms with Gasteiger partial charge in [-0.15, -0.1) is 11.3 Å². The van der Waals surface area contributed by atoms with Crippen LogP contribution in [0.4, 0.5) is 5.00 Å². The van der Waals surface area contributed by atoms with Crippen molar-refractivity contribution in [1.29, 1.82) is 0 Å². The van der Waals surface area contributed by atoms with Gasteiger partial charge in [-0.3, -0.25) is 9.59 Å². The second kappa shape index (κ2) is 9.47. The third-order valence-corrected chi connectivity index (χ3v) is 5.68. The first-order valence-corrected chi connectivity index (χ1v) is 9.78. The standard InChI is InChI=1S/C17H15Cl3N2O5S/c1-3-26-17(25)13-7(2)14(15(21)24)28-16(13)22-12(23)6-27-11-5-9(19)8(18)4-10(11)20/h4-5H,3,6H2,1-2H3,(H2,21,24)(H,22,23). The Morgan fingerprint density at radius 2 is 1.79 bits per heavy atom. The fourth-order valence-corrected chi connectivity index (χ4v) is 3.86. The minimum Gasteiger partial charge on any atom is -0.482 e. The normalized spacial score (nSPS) is 10.5. The van der Waals surface area contributed by atoms with E-state index in [0.29, 0.717) is 5.56 Å². The van der Waals surface area contributed by atoms with Crippen LogP contribution in [-0.4, -0.2) is 31.0 Å². The van der Waals surface area contributed by atoms with Crippen molar-refractivity contribution in [2.24, 2.45) is 5.73 Å². The average Bonchev–Trinajstić information content (AvgIpc) is 2.93. The Bertz CT molecular complexity index is 945. The van der Waals surface area contributed by atoms with Gasteiger partial charge in [0, 0.05) is 6.07 Å². The van der Waals surface area contributed by atoms with Crippen molar-refractivity contribution in [2.75, 3.05) is 18.5 Å². The molecule has 0 bridgehead atoms. The number of carbonyl (C=O) groups is 3. The van der Waals surface area contributed by atoms with Crippen molar-refractivity contribution in [3.05, 3.63) is 43.2 Å². The first-order valence-electron chi connectivity index (χ1n) is 7.83. The summed E-state index contributed by atoms with van der Waals surface area (Å²) in [4.78, 5) is 36.2. The second-order valence-corrected chi connectivity index (χ2v) is 7.62. The van der Waals surface area contributed by atoms with Crippen LogP contribution in [0.25, 0.3) is 0 Å². The van der Waals surface area contributed by atoms with E-state index in [1.807, 2.05) is 0 Å². The average molecular weight is 466 g/mol. The number of esters is 1. The Labute approximate surface area is 179 Å². The van der Waals surface area contributed by atoms with Gasteiger partial charge < -0.3 is 20.5 Å². The zero-order valence-electron chi connectivity index (χ0n) is 14.7. The Hall–Kier alpha value is -2.00. The molecular weight excluding hydrogens is 451 g/mol. The second-order valence-electron chi connectivity index (χ2n) is 5.38. The number of nitrogens with one attached hydrogen (secondary N) is 1. The van der Waals surface area contributed by atoms with Gasteiger partial charge in [-0.2, -0.15) is 0 Å². The molecule has 11 heteroatoms. The summed E-state index contributed by atoms with van der Waals surface area (Å²) in [6, 6.07) is 2.77. The number of thiophene rings is 1. The molecule has 1 aromatic carbocycles. The van der Waals surface area contributed by atoms with Crippen LogP contribution in [0, 0.1) is 6.92 Å². The topological polar surface area (TPSA) is 108 Å². The fraction of sp³-hybridized carbons (Fsp3) is 0.235. The van der Waals surface area contributed by atoms with Crippen molar-refractivity contribution in [3.63, 3.8) is 0 Å². The van der Waals surface area contributed by atoms with Crippen molar-refractivity contribution >= 4 is 68.9 Å². The maximum Gasteiger partial charge on any atom is 0.341 e. The molecule has 0 aliphatic rings. The molecule has 0 aliphatic carbocycles. The highest BCUT2D eigenvalue weighted by molar-refractivity contribution is 7.18. The van der Waals surface area contributed by atoms with Gasteiger partial charge in [0.25, 0.3) is 11.8 Å². The van der Waals surface area contributed by atoms with E-state index in [1.54, 1.807) is 13.8 Å². The minimum atomic E-state index is -0.715. The molecule has 2 amide bonds. The van der Waals surface area contributed by atoms with Gasteiger partial charge in [0.05, 0.1) is 32.1 Å². The van der Waals surface area contributed by atoms with Crippen molar-refractivity contribution in [1.82, 2.24) is 0 Å². The van der Waals surface area contributed by atoms with Crippen LogP contribution >= 0.6 is 46.1 Å². The molecule has 28 heavy (non-hydrogen) atoms. The largest absolute Gasteiger partial charge is 0.482 e. The highest BCUT2D eigenvalue weighted by Gasteiger charge is 2.25. The summed E-state index contributed by atoms with van der Waals surface area (Å²) in [6.07, 6.45) is 0. The predicted molar refractivity (Wildman–Crippen MR) is 109 cm³/mol. The molecular formula is C17H15Cl3N2O5S. The summed E-state index contributed by atoms with van der Waals surface area (Å²) in [7, 11) is 0. The molecule has 150 valence electrons. The number of benzene rings is 1. The summed E-state index contributed by atoms with van der Waals surface area (Å²) in [5.74, 6) is -1.82. The van der Waals surface area contributed by atoms with Crippen LogP contribution in [0.2, 0.25) is 15.1 Å². The molecule has 1 aromatic heterocycles. The van der Waals surface area contributed by atoms with E-state index in [1.165, 1.54) is 12.1 Å². The van der Waals surface area contributed by atoms with Crippen molar-refractivity contribution in [2.45, 2.75) is 13.8 Å². The van der Waals surface area contributed by atoms with E-state index < -0.39 is 24.4 Å². The first kappa shape index (κ1) is 22.3. The number of hydrogen-bond acceptors (Lipinski definition) is 6. The highest BCUT2D eigenvalue weighted by Crippen LogP contribution is 2.35. The fourth-order valence-electron chi connectivity index (χ4n) is 2.21. The molecule has 7 nitrogen and oxygen atoms in total. The van der Waals surface area contributed by atoms with E-state index in [9.17, 15) is 14.4 Å². The summed E-state index contributed by atoms with van der Waals surface area (Å²) in [5.41, 5.74) is 5.73. The molecule has 0 spiro atoms. The Morgan fingerprint density at radius 1 is 1.14 bits per heavy atom. The molecule has 0 radical (unpaired) electrons. The SMILES string of the molecule is CCOC(=O)c1c(NC(=O)COc2cc(Cl)c(Cl)cc2Cl)sc(C(N)=O)c1C. The lowest BCUT2D eigenvalue weighted by Crippen LogP contribution is -2.21. The lowest BCUT2D eigenvalue weighted by molar-refractivity contribution is -0.118. The summed E-state index contributed by atoms with van der Waals surface area (Å²) < 4.78 is 10.3. The number of rotatable bonds is 7. The van der Waals surface area contributed by atoms with Crippen LogP contribution < -0.4 is 15.8 Å². The van der Waals surface area contributed by atoms with E-state index in [-0.39, 0.29) is 42.9 Å². The van der Waals surface area contributed by atoms with Crippen molar-refractivity contribution in [3.8, 4) is 5.75 Å². The Kier molecular flexibility index (Phi) is 7.54. The number of primary amides is 1. The number of anilines is 1. The van der Waals surface area contributed by atoms with Gasteiger partial charge in [-0.25, -0.2) is 4.79 Å². The summed E-state index contributed by atoms with van der Waals surface area (Å²) in [5, 5.41) is 3.30. The quantitative estimate of drug-likeness (QED) is 0.468. The first-order chi connectivity index (χ1) is 13.1. The predicted octanol–water partition coefficient (Wildman–Crippen LogP) is 4.31. The lowest BCUT2D eigenvalue weighted by Gasteiger charge is -2.10. The summed E-state index contributed by atoms with van der Waals surface area (Å²) >= 11 is 18.6. The number of hydrogen-bond donors (Lipinski definition) is 2. The molecule has 0 fully saturated rings. The minimum absolute atomic E-state index is 0.0709. The molecule has 3 N–H and O–H groups in total. The molecule has 1 heterocycles.